The predicted molar refractivity (Wildman–Crippen MR) is 50.8 cm³/mol. The molecule has 80 valence electrons. The van der Waals surface area contributed by atoms with Gasteiger partial charge in [0.25, 0.3) is 11.0 Å². The fourth-order valence-electron chi connectivity index (χ4n) is 1.07. The normalized spacial score (nSPS) is 13.5. The Labute approximate surface area is 81.1 Å². The van der Waals surface area contributed by atoms with Crippen LogP contribution in [0.15, 0.2) is 0 Å². The van der Waals surface area contributed by atoms with E-state index in [1.807, 2.05) is 0 Å². The summed E-state index contributed by atoms with van der Waals surface area (Å²) >= 11 is 0. The SMILES string of the molecule is CCCCCCCC(O)O[SH](=O)=O. The standard InChI is InChI=1S/C8H18O4S/c1-2-3-4-5-6-7-8(9)12-13(10)11/h8-9,13H,2-7H2,1H3. The van der Waals surface area contributed by atoms with Gasteiger partial charge in [-0.05, 0) is 12.8 Å². The molecule has 0 bridgehead atoms. The zero-order valence-corrected chi connectivity index (χ0v) is 8.83. The minimum absolute atomic E-state index is 0.396. The van der Waals surface area contributed by atoms with Crippen molar-refractivity contribution < 1.29 is 17.7 Å². The highest BCUT2D eigenvalue weighted by atomic mass is 32.2. The molecule has 1 N–H and O–H groups in total. The average Bonchev–Trinajstić information content (AvgIpc) is 2.02. The molecule has 0 fully saturated rings. The van der Waals surface area contributed by atoms with Crippen molar-refractivity contribution in [1.29, 1.82) is 0 Å². The first kappa shape index (κ1) is 12.9. The molecule has 0 aliphatic rings. The van der Waals surface area contributed by atoms with Crippen LogP contribution in [-0.4, -0.2) is 19.8 Å². The summed E-state index contributed by atoms with van der Waals surface area (Å²) in [6, 6.07) is 0. The highest BCUT2D eigenvalue weighted by Gasteiger charge is 2.03. The van der Waals surface area contributed by atoms with Crippen molar-refractivity contribution >= 4 is 11.0 Å². The van der Waals surface area contributed by atoms with Crippen LogP contribution < -0.4 is 0 Å². The van der Waals surface area contributed by atoms with E-state index >= 15 is 0 Å². The molecule has 0 aromatic carbocycles. The molecular formula is C8H18O4S. The lowest BCUT2D eigenvalue weighted by Crippen LogP contribution is -2.10. The van der Waals surface area contributed by atoms with Crippen molar-refractivity contribution in [2.24, 2.45) is 0 Å². The van der Waals surface area contributed by atoms with Crippen LogP contribution in [0.25, 0.3) is 0 Å². The van der Waals surface area contributed by atoms with Gasteiger partial charge in [-0.3, -0.25) is 0 Å². The van der Waals surface area contributed by atoms with Gasteiger partial charge in [-0.2, -0.15) is 0 Å². The van der Waals surface area contributed by atoms with E-state index in [4.69, 9.17) is 5.11 Å². The van der Waals surface area contributed by atoms with Crippen molar-refractivity contribution in [2.45, 2.75) is 51.7 Å². The molecule has 0 aliphatic heterocycles. The molecule has 0 radical (unpaired) electrons. The summed E-state index contributed by atoms with van der Waals surface area (Å²) in [5.74, 6) is 0. The first-order valence-electron chi connectivity index (χ1n) is 4.66. The van der Waals surface area contributed by atoms with E-state index < -0.39 is 17.3 Å². The summed E-state index contributed by atoms with van der Waals surface area (Å²) in [6.07, 6.45) is 4.56. The molecule has 0 rings (SSSR count). The highest BCUT2D eigenvalue weighted by molar-refractivity contribution is 7.67. The zero-order chi connectivity index (χ0) is 10.1. The van der Waals surface area contributed by atoms with Crippen molar-refractivity contribution in [2.75, 3.05) is 0 Å². The average molecular weight is 210 g/mol. The van der Waals surface area contributed by atoms with Gasteiger partial charge in [0.2, 0.25) is 0 Å². The molecule has 4 nitrogen and oxygen atoms in total. The van der Waals surface area contributed by atoms with Gasteiger partial charge in [0.15, 0.2) is 6.29 Å². The van der Waals surface area contributed by atoms with Crippen LogP contribution in [0.1, 0.15) is 45.4 Å². The smallest absolute Gasteiger partial charge is 0.259 e. The Bertz CT molecular complexity index is 171. The summed E-state index contributed by atoms with van der Waals surface area (Å²) in [5, 5.41) is 8.97. The van der Waals surface area contributed by atoms with E-state index in [9.17, 15) is 8.42 Å². The van der Waals surface area contributed by atoms with Gasteiger partial charge < -0.3 is 5.11 Å². The fraction of sp³-hybridized carbons (Fsp3) is 1.00. The van der Waals surface area contributed by atoms with Crippen LogP contribution in [0, 0.1) is 0 Å². The third-order valence-corrected chi connectivity index (χ3v) is 2.18. The number of aliphatic hydroxyl groups excluding tert-OH is 1. The molecule has 13 heavy (non-hydrogen) atoms. The van der Waals surface area contributed by atoms with E-state index in [1.54, 1.807) is 0 Å². The molecule has 0 aromatic heterocycles. The van der Waals surface area contributed by atoms with Gasteiger partial charge in [0, 0.05) is 0 Å². The Hall–Kier alpha value is -0.130. The number of rotatable bonds is 8. The number of hydrogen-bond donors (Lipinski definition) is 2. The molecule has 5 heteroatoms. The maximum atomic E-state index is 10.00. The summed E-state index contributed by atoms with van der Waals surface area (Å²) in [6.45, 7) is 2.13. The molecule has 0 heterocycles. The van der Waals surface area contributed by atoms with Crippen molar-refractivity contribution in [1.82, 2.24) is 0 Å². The van der Waals surface area contributed by atoms with E-state index in [-0.39, 0.29) is 0 Å². The predicted octanol–water partition coefficient (Wildman–Crippen LogP) is 1.21. The summed E-state index contributed by atoms with van der Waals surface area (Å²) < 4.78 is 24.2. The molecule has 0 saturated carbocycles. The second-order valence-electron chi connectivity index (χ2n) is 2.99. The Morgan fingerprint density at radius 2 is 1.85 bits per heavy atom. The van der Waals surface area contributed by atoms with Crippen molar-refractivity contribution in [3.05, 3.63) is 0 Å². The molecule has 0 amide bonds. The molecule has 0 aromatic rings. The molecule has 0 spiro atoms. The Balaban J connectivity index is 3.21. The van der Waals surface area contributed by atoms with Crippen molar-refractivity contribution in [3.8, 4) is 0 Å². The maximum Gasteiger partial charge on any atom is 0.259 e. The third-order valence-electron chi connectivity index (χ3n) is 1.76. The zero-order valence-electron chi connectivity index (χ0n) is 7.94. The largest absolute Gasteiger partial charge is 0.367 e. The lowest BCUT2D eigenvalue weighted by atomic mass is 10.1. The van der Waals surface area contributed by atoms with Gasteiger partial charge in [-0.25, -0.2) is 12.6 Å². The van der Waals surface area contributed by atoms with Gasteiger partial charge in [0.1, 0.15) is 0 Å². The van der Waals surface area contributed by atoms with Gasteiger partial charge >= 0.3 is 0 Å². The van der Waals surface area contributed by atoms with Crippen LogP contribution in [0.4, 0.5) is 0 Å². The molecule has 0 aliphatic carbocycles. The van der Waals surface area contributed by atoms with E-state index in [1.165, 1.54) is 12.8 Å². The number of unbranched alkanes of at least 4 members (excludes halogenated alkanes) is 4. The lowest BCUT2D eigenvalue weighted by molar-refractivity contribution is -0.0157. The number of hydrogen-bond acceptors (Lipinski definition) is 4. The van der Waals surface area contributed by atoms with Crippen LogP contribution in [0.2, 0.25) is 0 Å². The fourth-order valence-corrected chi connectivity index (χ4v) is 1.38. The Morgan fingerprint density at radius 1 is 1.23 bits per heavy atom. The van der Waals surface area contributed by atoms with Crippen LogP contribution in [-0.2, 0) is 15.2 Å². The van der Waals surface area contributed by atoms with E-state index in [2.05, 4.69) is 11.1 Å². The van der Waals surface area contributed by atoms with E-state index in [0.717, 1.165) is 19.3 Å². The second-order valence-corrected chi connectivity index (χ2v) is 3.64. The molecular weight excluding hydrogens is 192 g/mol. The minimum atomic E-state index is -2.92. The number of thiol groups is 1. The third kappa shape index (κ3) is 9.79. The molecule has 1 unspecified atom stereocenters. The van der Waals surface area contributed by atoms with E-state index in [0.29, 0.717) is 6.42 Å². The van der Waals surface area contributed by atoms with Crippen LogP contribution in [0.5, 0.6) is 0 Å². The number of aliphatic hydroxyl groups is 1. The Morgan fingerprint density at radius 3 is 2.38 bits per heavy atom. The lowest BCUT2D eigenvalue weighted by Gasteiger charge is -2.05. The first-order valence-corrected chi connectivity index (χ1v) is 5.75. The highest BCUT2D eigenvalue weighted by Crippen LogP contribution is 2.07. The maximum absolute atomic E-state index is 10.00. The second kappa shape index (κ2) is 8.47. The molecule has 1 atom stereocenters. The minimum Gasteiger partial charge on any atom is -0.367 e. The van der Waals surface area contributed by atoms with Crippen LogP contribution >= 0.6 is 0 Å². The topological polar surface area (TPSA) is 63.6 Å². The molecule has 0 saturated heterocycles. The summed E-state index contributed by atoms with van der Waals surface area (Å²) in [7, 11) is -2.92. The quantitative estimate of drug-likeness (QED) is 0.359. The monoisotopic (exact) mass is 210 g/mol. The van der Waals surface area contributed by atoms with Crippen molar-refractivity contribution in [3.63, 3.8) is 0 Å². The van der Waals surface area contributed by atoms with Gasteiger partial charge in [0.05, 0.1) is 0 Å². The Kier molecular flexibility index (Phi) is 8.38. The van der Waals surface area contributed by atoms with Crippen LogP contribution in [0.3, 0.4) is 0 Å². The first-order chi connectivity index (χ1) is 6.16. The van der Waals surface area contributed by atoms with Gasteiger partial charge in [-0.1, -0.05) is 32.6 Å². The summed E-state index contributed by atoms with van der Waals surface area (Å²) in [4.78, 5) is 0. The summed E-state index contributed by atoms with van der Waals surface area (Å²) in [5.41, 5.74) is 0. The van der Waals surface area contributed by atoms with Gasteiger partial charge in [-0.15, -0.1) is 0 Å².